The van der Waals surface area contributed by atoms with E-state index in [1.807, 2.05) is 12.1 Å². The SMILES string of the molecule is CC(C)(C)c1ccc(C(=O)Cc2cc(F)cc(F)c2)cc1. The summed E-state index contributed by atoms with van der Waals surface area (Å²) in [6.07, 6.45) is -0.0104. The zero-order valence-electron chi connectivity index (χ0n) is 12.4. The van der Waals surface area contributed by atoms with E-state index in [0.29, 0.717) is 11.1 Å². The van der Waals surface area contributed by atoms with Gasteiger partial charge in [-0.2, -0.15) is 0 Å². The van der Waals surface area contributed by atoms with Crippen LogP contribution in [-0.2, 0) is 11.8 Å². The second-order valence-corrected chi connectivity index (χ2v) is 6.21. The molecule has 0 aliphatic carbocycles. The molecule has 0 spiro atoms. The summed E-state index contributed by atoms with van der Waals surface area (Å²) < 4.78 is 26.2. The monoisotopic (exact) mass is 288 g/mol. The molecule has 0 amide bonds. The van der Waals surface area contributed by atoms with Gasteiger partial charge in [0.1, 0.15) is 11.6 Å². The zero-order valence-corrected chi connectivity index (χ0v) is 12.4. The predicted octanol–water partition coefficient (Wildman–Crippen LogP) is 4.69. The Morgan fingerprint density at radius 1 is 0.952 bits per heavy atom. The molecule has 110 valence electrons. The van der Waals surface area contributed by atoms with Gasteiger partial charge in [-0.25, -0.2) is 8.78 Å². The lowest BCUT2D eigenvalue weighted by Gasteiger charge is -2.19. The molecule has 0 fully saturated rings. The Morgan fingerprint density at radius 2 is 1.48 bits per heavy atom. The first-order valence-electron chi connectivity index (χ1n) is 6.84. The van der Waals surface area contributed by atoms with Gasteiger partial charge < -0.3 is 0 Å². The van der Waals surface area contributed by atoms with E-state index in [9.17, 15) is 13.6 Å². The summed E-state index contributed by atoms with van der Waals surface area (Å²) in [5.41, 5.74) is 2.05. The fourth-order valence-electron chi connectivity index (χ4n) is 2.16. The van der Waals surface area contributed by atoms with E-state index in [1.165, 1.54) is 12.1 Å². The first-order valence-corrected chi connectivity index (χ1v) is 6.84. The Labute approximate surface area is 123 Å². The van der Waals surface area contributed by atoms with Gasteiger partial charge >= 0.3 is 0 Å². The maximum Gasteiger partial charge on any atom is 0.167 e. The van der Waals surface area contributed by atoms with E-state index in [1.54, 1.807) is 12.1 Å². The first-order chi connectivity index (χ1) is 9.75. The molecule has 0 aliphatic heterocycles. The van der Waals surface area contributed by atoms with Crippen LogP contribution in [0.15, 0.2) is 42.5 Å². The van der Waals surface area contributed by atoms with Crippen LogP contribution in [0.5, 0.6) is 0 Å². The number of benzene rings is 2. The Morgan fingerprint density at radius 3 is 1.95 bits per heavy atom. The van der Waals surface area contributed by atoms with Crippen molar-refractivity contribution in [3.05, 3.63) is 70.8 Å². The second-order valence-electron chi connectivity index (χ2n) is 6.21. The van der Waals surface area contributed by atoms with Crippen molar-refractivity contribution in [1.82, 2.24) is 0 Å². The number of carbonyl (C=O) groups excluding carboxylic acids is 1. The molecule has 21 heavy (non-hydrogen) atoms. The third-order valence-corrected chi connectivity index (χ3v) is 3.36. The maximum atomic E-state index is 13.1. The highest BCUT2D eigenvalue weighted by atomic mass is 19.1. The summed E-state index contributed by atoms with van der Waals surface area (Å²) in [6.45, 7) is 6.29. The summed E-state index contributed by atoms with van der Waals surface area (Å²) in [5.74, 6) is -1.48. The molecule has 0 aliphatic rings. The summed E-state index contributed by atoms with van der Waals surface area (Å²) in [6, 6.07) is 10.5. The van der Waals surface area contributed by atoms with Gasteiger partial charge in [-0.3, -0.25) is 4.79 Å². The summed E-state index contributed by atoms with van der Waals surface area (Å²) in [4.78, 5) is 12.2. The molecule has 0 heterocycles. The first kappa shape index (κ1) is 15.4. The lowest BCUT2D eigenvalue weighted by atomic mass is 9.86. The number of ketones is 1. The molecule has 0 N–H and O–H groups in total. The van der Waals surface area contributed by atoms with Crippen LogP contribution < -0.4 is 0 Å². The normalized spacial score (nSPS) is 11.5. The number of hydrogen-bond donors (Lipinski definition) is 0. The molecule has 0 radical (unpaired) electrons. The molecule has 1 nitrogen and oxygen atoms in total. The van der Waals surface area contributed by atoms with Crippen LogP contribution in [0.2, 0.25) is 0 Å². The van der Waals surface area contributed by atoms with Crippen LogP contribution in [0.25, 0.3) is 0 Å². The van der Waals surface area contributed by atoms with Crippen LogP contribution in [-0.4, -0.2) is 5.78 Å². The Balaban J connectivity index is 2.17. The summed E-state index contributed by atoms with van der Waals surface area (Å²) in [5, 5.41) is 0. The highest BCUT2D eigenvalue weighted by Crippen LogP contribution is 2.22. The highest BCUT2D eigenvalue weighted by molar-refractivity contribution is 5.97. The lowest BCUT2D eigenvalue weighted by molar-refractivity contribution is 0.0993. The van der Waals surface area contributed by atoms with Crippen molar-refractivity contribution in [1.29, 1.82) is 0 Å². The summed E-state index contributed by atoms with van der Waals surface area (Å²) >= 11 is 0. The second kappa shape index (κ2) is 5.76. The minimum Gasteiger partial charge on any atom is -0.294 e. The van der Waals surface area contributed by atoms with E-state index in [0.717, 1.165) is 11.6 Å². The van der Waals surface area contributed by atoms with Gasteiger partial charge in [0.2, 0.25) is 0 Å². The van der Waals surface area contributed by atoms with E-state index < -0.39 is 11.6 Å². The van der Waals surface area contributed by atoms with Crippen molar-refractivity contribution in [3.8, 4) is 0 Å². The molecular formula is C18H18F2O. The van der Waals surface area contributed by atoms with Crippen molar-refractivity contribution >= 4 is 5.78 Å². The van der Waals surface area contributed by atoms with E-state index in [2.05, 4.69) is 20.8 Å². The number of Topliss-reactive ketones (excluding diaryl/α,β-unsaturated/α-hetero) is 1. The Kier molecular flexibility index (Phi) is 4.21. The standard InChI is InChI=1S/C18H18F2O/c1-18(2,3)14-6-4-13(5-7-14)17(21)10-12-8-15(19)11-16(20)9-12/h4-9,11H,10H2,1-3H3. The van der Waals surface area contributed by atoms with Crippen molar-refractivity contribution in [2.75, 3.05) is 0 Å². The van der Waals surface area contributed by atoms with Crippen LogP contribution in [0.1, 0.15) is 42.3 Å². The minimum atomic E-state index is -0.666. The van der Waals surface area contributed by atoms with Crippen LogP contribution in [0.4, 0.5) is 8.78 Å². The molecule has 2 aromatic rings. The molecular weight excluding hydrogens is 270 g/mol. The van der Waals surface area contributed by atoms with Gasteiger partial charge in [0.25, 0.3) is 0 Å². The van der Waals surface area contributed by atoms with Gasteiger partial charge in [-0.15, -0.1) is 0 Å². The number of hydrogen-bond acceptors (Lipinski definition) is 1. The number of rotatable bonds is 3. The van der Waals surface area contributed by atoms with Crippen molar-refractivity contribution in [2.45, 2.75) is 32.6 Å². The number of carbonyl (C=O) groups is 1. The Bertz CT molecular complexity index is 632. The number of halogens is 2. The minimum absolute atomic E-state index is 0.0104. The molecule has 0 bridgehead atoms. The fourth-order valence-corrected chi connectivity index (χ4v) is 2.16. The van der Waals surface area contributed by atoms with Crippen LogP contribution >= 0.6 is 0 Å². The van der Waals surface area contributed by atoms with Gasteiger partial charge in [-0.1, -0.05) is 45.0 Å². The molecule has 0 saturated carbocycles. The largest absolute Gasteiger partial charge is 0.294 e. The molecule has 0 saturated heterocycles. The average Bonchev–Trinajstić information content (AvgIpc) is 2.36. The molecule has 2 aromatic carbocycles. The molecule has 3 heteroatoms. The summed E-state index contributed by atoms with van der Waals surface area (Å²) in [7, 11) is 0. The molecule has 0 atom stereocenters. The third kappa shape index (κ3) is 3.97. The molecule has 0 aromatic heterocycles. The van der Waals surface area contributed by atoms with Crippen molar-refractivity contribution in [3.63, 3.8) is 0 Å². The fraction of sp³-hybridized carbons (Fsp3) is 0.278. The van der Waals surface area contributed by atoms with Crippen LogP contribution in [0, 0.1) is 11.6 Å². The Hall–Kier alpha value is -2.03. The van der Waals surface area contributed by atoms with Gasteiger partial charge in [0.05, 0.1) is 0 Å². The van der Waals surface area contributed by atoms with Crippen molar-refractivity contribution in [2.24, 2.45) is 0 Å². The lowest BCUT2D eigenvalue weighted by Crippen LogP contribution is -2.11. The highest BCUT2D eigenvalue weighted by Gasteiger charge is 2.14. The maximum absolute atomic E-state index is 13.1. The zero-order chi connectivity index (χ0) is 15.6. The third-order valence-electron chi connectivity index (χ3n) is 3.36. The molecule has 2 rings (SSSR count). The topological polar surface area (TPSA) is 17.1 Å². The van der Waals surface area contributed by atoms with Gasteiger partial charge in [0, 0.05) is 18.1 Å². The van der Waals surface area contributed by atoms with Crippen molar-refractivity contribution < 1.29 is 13.6 Å². The molecule has 0 unspecified atom stereocenters. The van der Waals surface area contributed by atoms with E-state index in [4.69, 9.17) is 0 Å². The smallest absolute Gasteiger partial charge is 0.167 e. The quantitative estimate of drug-likeness (QED) is 0.749. The van der Waals surface area contributed by atoms with Crippen LogP contribution in [0.3, 0.4) is 0 Å². The van der Waals surface area contributed by atoms with Gasteiger partial charge in [-0.05, 0) is 28.7 Å². The van der Waals surface area contributed by atoms with Gasteiger partial charge in [0.15, 0.2) is 5.78 Å². The van der Waals surface area contributed by atoms with E-state index >= 15 is 0 Å². The predicted molar refractivity (Wildman–Crippen MR) is 79.5 cm³/mol. The van der Waals surface area contributed by atoms with E-state index in [-0.39, 0.29) is 17.6 Å². The average molecular weight is 288 g/mol.